The van der Waals surface area contributed by atoms with E-state index in [1.165, 1.54) is 81.0 Å². The van der Waals surface area contributed by atoms with E-state index >= 15 is 0 Å². The van der Waals surface area contributed by atoms with Crippen LogP contribution in [-0.2, 0) is 78.4 Å². The van der Waals surface area contributed by atoms with Crippen molar-refractivity contribution >= 4 is 11.5 Å². The van der Waals surface area contributed by atoms with Gasteiger partial charge in [-0.1, -0.05) is 88.7 Å². The third kappa shape index (κ3) is 19.9. The Hall–Kier alpha value is -12.6. The first kappa shape index (κ1) is 100. The number of methoxy groups -OCH3 is 2. The average Bonchev–Trinajstić information content (AvgIpc) is 1.75. The maximum absolute atomic E-state index is 12.7. The molecule has 2 fully saturated rings. The van der Waals surface area contributed by atoms with E-state index in [9.17, 15) is 33.9 Å². The number of rotatable bonds is 27. The van der Waals surface area contributed by atoms with Crippen molar-refractivity contribution in [1.82, 2.24) is 22.8 Å². The highest BCUT2D eigenvalue weighted by Gasteiger charge is 2.42. The third-order valence-electron chi connectivity index (χ3n) is 30.9. The van der Waals surface area contributed by atoms with Crippen molar-refractivity contribution in [1.29, 1.82) is 0 Å². The van der Waals surface area contributed by atoms with Crippen molar-refractivity contribution in [3.63, 3.8) is 0 Å². The maximum atomic E-state index is 12.7. The lowest BCUT2D eigenvalue weighted by atomic mass is 9.83. The molecule has 760 valence electrons. The number of carbonyl (C=O) groups excluding carboxylic acids is 1. The number of hydrogen-bond acceptors (Lipinski definition) is 20. The number of aliphatic hydroxyl groups is 1. The summed E-state index contributed by atoms with van der Waals surface area (Å²) in [4.78, 5) is 74.8. The van der Waals surface area contributed by atoms with Gasteiger partial charge in [0.15, 0.2) is 78.9 Å². The molecule has 0 spiro atoms. The molecule has 4 unspecified atom stereocenters. The van der Waals surface area contributed by atoms with Crippen molar-refractivity contribution in [2.75, 3.05) is 93.5 Å². The molecule has 25 heteroatoms. The number of hydrogen-bond donors (Lipinski definition) is 1. The normalized spacial score (nSPS) is 18.0. The van der Waals surface area contributed by atoms with Gasteiger partial charge >= 0.3 is 0 Å². The molecular weight excluding hydrogens is 1820 g/mol. The van der Waals surface area contributed by atoms with Crippen LogP contribution in [0.25, 0.3) is 73.4 Å². The minimum absolute atomic E-state index is 0.0918. The van der Waals surface area contributed by atoms with Gasteiger partial charge in [0.05, 0.1) is 117 Å². The van der Waals surface area contributed by atoms with E-state index in [1.807, 2.05) is 63.6 Å². The molecule has 5 aromatic carbocycles. The van der Waals surface area contributed by atoms with Crippen LogP contribution in [0.3, 0.4) is 0 Å². The zero-order valence-electron chi connectivity index (χ0n) is 86.5. The van der Waals surface area contributed by atoms with Crippen LogP contribution in [0.15, 0.2) is 145 Å². The number of pyridine rings is 5. The zero-order valence-corrected chi connectivity index (χ0v) is 86.5. The van der Waals surface area contributed by atoms with Crippen molar-refractivity contribution in [3.8, 4) is 119 Å². The smallest absolute Gasteiger partial charge is 0.193 e. The van der Waals surface area contributed by atoms with E-state index in [-0.39, 0.29) is 61.9 Å². The van der Waals surface area contributed by atoms with Gasteiger partial charge in [-0.05, 0) is 185 Å². The Morgan fingerprint density at radius 3 is 1.04 bits per heavy atom. The van der Waals surface area contributed by atoms with E-state index in [1.54, 1.807) is 51.1 Å². The van der Waals surface area contributed by atoms with Crippen LogP contribution in [0.4, 0.5) is 0 Å². The molecule has 5 atom stereocenters. The SMILES string of the molecule is C=C(O)c1cn2c(cc1=O)-c1c(cc(OCCCOC)c3c1CCO3)C[C@H]2C(C)C.CC(=O)c1cn2c(cc1=O)-c1c(cc(OCCOC3CC3)c3c1CCO3)CC2C(C)C.COCCCOc1cc2c(c3c1OCC3)-c1cc(=O)c(C)cn1C(C(C)C)C2.Cc1cn2c(cc1=O)-c1c(cc(-c3ccco3)c3c1CCO3)CC2C(C)C.Cc1cn2c(cc1=O)-c1c(cc(OCCC3CC3)c3c1CCO3)CC2C(C)C. The first-order valence-corrected chi connectivity index (χ1v) is 52.3. The van der Waals surface area contributed by atoms with Gasteiger partial charge in [-0.3, -0.25) is 28.8 Å². The van der Waals surface area contributed by atoms with Crippen molar-refractivity contribution in [2.24, 2.45) is 35.5 Å². The first-order valence-electron chi connectivity index (χ1n) is 52.3. The summed E-state index contributed by atoms with van der Waals surface area (Å²) < 4.78 is 87.1. The number of benzene rings is 5. The van der Waals surface area contributed by atoms with Gasteiger partial charge in [0.2, 0.25) is 0 Å². The molecule has 10 aliphatic heterocycles. The Morgan fingerprint density at radius 1 is 0.396 bits per heavy atom. The standard InChI is InChI=1S/C25H29NO5.C24H29NO5.C24H29NO3.C23H29NO4.C23H23NO3/c1-14(2)20-10-16-11-23(30-9-8-29-17-4-5-17)25-18(6-7-31-25)24(16)21-12-22(28)19(15(3)27)13-26(20)21;1-14(2)19-10-16-11-22(29-8-5-7-28-4)24-17(6-9-30-24)23(16)20-12-21(27)18(15(3)26)13-25(19)20;1-14(2)19-10-17-11-22(27-8-6-16-4-5-16)24-18(7-9-28-24)23(17)20-12-21(26)15(3)13-25(19)20;1-14(2)18-10-16-11-21(27-8-5-7-26-4)23-17(6-9-28-23)22(16)19-12-20(25)15(3)13-24(18)19;1-13(2)18-10-15-9-17(21-5-4-7-26-21)23-16(6-8-27-23)22(15)19-11-20(25)14(3)12-24(18)19/h11-14,17,20H,4-10H2,1-3H3;11-14,19,26H,3,5-10H2,1-2,4H3;11-14,16,19H,4-10H2,1-3H3;11-14,18H,5-10H2,1-4H3;4-5,7,9,11-13,18H,6,8,10H2,1-3H3/t;19-;;;/m.0.../s1. The first-order chi connectivity index (χ1) is 69.4. The summed E-state index contributed by atoms with van der Waals surface area (Å²) in [6, 6.07) is 24.6. The van der Waals surface area contributed by atoms with E-state index in [0.717, 1.165) is 239 Å². The molecule has 23 rings (SSSR count). The zero-order chi connectivity index (χ0) is 101. The van der Waals surface area contributed by atoms with Crippen molar-refractivity contribution < 1.29 is 71.2 Å². The number of nitrogens with zero attached hydrogens (tertiary/aromatic N) is 5. The maximum Gasteiger partial charge on any atom is 0.193 e. The van der Waals surface area contributed by atoms with Crippen LogP contribution < -0.4 is 69.8 Å². The Balaban J connectivity index is 0.000000114. The number of ether oxygens (including phenoxy) is 12. The topological polar surface area (TPSA) is 271 Å². The van der Waals surface area contributed by atoms with Crippen LogP contribution >= 0.6 is 0 Å². The minimum Gasteiger partial charge on any atom is -0.508 e. The second-order valence-electron chi connectivity index (χ2n) is 42.6. The van der Waals surface area contributed by atoms with Crippen LogP contribution in [0.1, 0.15) is 240 Å². The van der Waals surface area contributed by atoms with Crippen LogP contribution in [0.2, 0.25) is 0 Å². The Bertz CT molecular complexity index is 7090. The fourth-order valence-corrected chi connectivity index (χ4v) is 22.9. The van der Waals surface area contributed by atoms with Gasteiger partial charge in [0, 0.05) is 236 Å². The third-order valence-corrected chi connectivity index (χ3v) is 30.9. The predicted molar refractivity (Wildman–Crippen MR) is 559 cm³/mol. The molecular formula is C119H139N5O20. The van der Waals surface area contributed by atoms with Gasteiger partial charge in [0.25, 0.3) is 0 Å². The molecule has 0 bridgehead atoms. The second-order valence-corrected chi connectivity index (χ2v) is 42.6. The fourth-order valence-electron chi connectivity index (χ4n) is 22.9. The van der Waals surface area contributed by atoms with Gasteiger partial charge in [-0.2, -0.15) is 0 Å². The van der Waals surface area contributed by atoms with E-state index in [0.29, 0.717) is 126 Å². The van der Waals surface area contributed by atoms with Crippen LogP contribution in [0, 0.1) is 56.3 Å². The molecule has 0 radical (unpaired) electrons. The number of Topliss-reactive ketones (excluding diaryl/α,β-unsaturated/α-hetero) is 1. The molecule has 144 heavy (non-hydrogen) atoms. The summed E-state index contributed by atoms with van der Waals surface area (Å²) in [5.74, 6) is 10.9. The van der Waals surface area contributed by atoms with Crippen LogP contribution in [0.5, 0.6) is 51.7 Å². The quantitative estimate of drug-likeness (QED) is 0.0285. The number of aliphatic hydroxyl groups excluding tert-OH is 1. The average molecular weight is 1960 g/mol. The summed E-state index contributed by atoms with van der Waals surface area (Å²) >= 11 is 0. The van der Waals surface area contributed by atoms with Crippen molar-refractivity contribution in [2.45, 2.75) is 242 Å². The van der Waals surface area contributed by atoms with Crippen molar-refractivity contribution in [3.05, 3.63) is 251 Å². The molecule has 12 aliphatic rings. The summed E-state index contributed by atoms with van der Waals surface area (Å²) in [5, 5.41) is 9.88. The molecule has 1 N–H and O–H groups in total. The lowest BCUT2D eigenvalue weighted by Crippen LogP contribution is -2.28. The molecule has 2 aliphatic carbocycles. The highest BCUT2D eigenvalue weighted by atomic mass is 16.6. The van der Waals surface area contributed by atoms with E-state index in [2.05, 4.69) is 129 Å². The van der Waals surface area contributed by atoms with Gasteiger partial charge in [-0.15, -0.1) is 0 Å². The number of carbonyl (C=O) groups is 1. The predicted octanol–water partition coefficient (Wildman–Crippen LogP) is 21.5. The monoisotopic (exact) mass is 1960 g/mol. The fraction of sp³-hybridized carbons (Fsp3) is 0.479. The second kappa shape index (κ2) is 42.2. The molecule has 2 saturated carbocycles. The number of furan rings is 1. The largest absolute Gasteiger partial charge is 0.508 e. The van der Waals surface area contributed by atoms with Gasteiger partial charge in [0.1, 0.15) is 23.9 Å². The van der Waals surface area contributed by atoms with Gasteiger partial charge in [-0.25, -0.2) is 0 Å². The molecule has 16 heterocycles. The Labute approximate surface area is 842 Å². The summed E-state index contributed by atoms with van der Waals surface area (Å²) in [5.41, 5.74) is 26.3. The summed E-state index contributed by atoms with van der Waals surface area (Å²) in [6.07, 6.45) is 28.2. The molecule has 0 saturated heterocycles. The molecule has 0 amide bonds. The molecule has 11 aromatic rings. The lowest BCUT2D eigenvalue weighted by molar-refractivity contribution is 0.0871. The summed E-state index contributed by atoms with van der Waals surface area (Å²) in [6.45, 7) is 40.5. The van der Waals surface area contributed by atoms with Gasteiger partial charge < -0.3 is 89.2 Å². The highest BCUT2D eigenvalue weighted by molar-refractivity contribution is 5.94. The molecule has 6 aromatic heterocycles. The Kier molecular flexibility index (Phi) is 29.4. The lowest BCUT2D eigenvalue weighted by Gasteiger charge is -2.34. The number of ketones is 1. The summed E-state index contributed by atoms with van der Waals surface area (Å²) in [7, 11) is 3.38. The number of aryl methyl sites for hydroxylation is 3. The Morgan fingerprint density at radius 2 is 0.715 bits per heavy atom. The highest BCUT2D eigenvalue weighted by Crippen LogP contribution is 2.56. The minimum atomic E-state index is -0.225. The van der Waals surface area contributed by atoms with E-state index < -0.39 is 0 Å². The number of aromatic nitrogens is 5. The van der Waals surface area contributed by atoms with E-state index in [4.69, 9.17) is 61.3 Å². The van der Waals surface area contributed by atoms with Crippen LogP contribution in [-0.4, -0.2) is 133 Å². The number of fused-ring (bicyclic) bond motifs is 25. The molecule has 25 nitrogen and oxygen atoms in total.